The number of anilines is 1. The zero-order valence-corrected chi connectivity index (χ0v) is 8.24. The SMILES string of the molecule is CCCc1nc(NC)cc(C(=O)O)n1. The van der Waals surface area contributed by atoms with E-state index in [1.807, 2.05) is 6.92 Å². The summed E-state index contributed by atoms with van der Waals surface area (Å²) in [5.74, 6) is 0.0823. The third-order valence-corrected chi connectivity index (χ3v) is 1.72. The van der Waals surface area contributed by atoms with Crippen molar-refractivity contribution in [3.63, 3.8) is 0 Å². The van der Waals surface area contributed by atoms with Crippen LogP contribution in [0.2, 0.25) is 0 Å². The molecule has 0 aromatic carbocycles. The number of hydrogen-bond donors (Lipinski definition) is 2. The van der Waals surface area contributed by atoms with Crippen molar-refractivity contribution in [3.05, 3.63) is 17.6 Å². The summed E-state index contributed by atoms with van der Waals surface area (Å²) >= 11 is 0. The number of aromatic carboxylic acids is 1. The Hall–Kier alpha value is -1.65. The van der Waals surface area contributed by atoms with E-state index in [4.69, 9.17) is 5.11 Å². The lowest BCUT2D eigenvalue weighted by molar-refractivity contribution is 0.0690. The maximum atomic E-state index is 10.7. The van der Waals surface area contributed by atoms with Crippen LogP contribution in [0.4, 0.5) is 5.82 Å². The minimum atomic E-state index is -1.03. The van der Waals surface area contributed by atoms with Crippen LogP contribution in [0.5, 0.6) is 0 Å². The van der Waals surface area contributed by atoms with Crippen LogP contribution in [-0.2, 0) is 6.42 Å². The van der Waals surface area contributed by atoms with Crippen molar-refractivity contribution in [3.8, 4) is 0 Å². The maximum Gasteiger partial charge on any atom is 0.354 e. The van der Waals surface area contributed by atoms with Crippen LogP contribution in [-0.4, -0.2) is 28.1 Å². The molecule has 0 saturated heterocycles. The Morgan fingerprint density at radius 2 is 2.29 bits per heavy atom. The van der Waals surface area contributed by atoms with Crippen LogP contribution in [0.25, 0.3) is 0 Å². The Labute approximate surface area is 82.2 Å². The largest absolute Gasteiger partial charge is 0.477 e. The first-order chi connectivity index (χ1) is 6.67. The quantitative estimate of drug-likeness (QED) is 0.754. The summed E-state index contributed by atoms with van der Waals surface area (Å²) in [6, 6.07) is 1.42. The number of carboxylic acids is 1. The molecule has 1 rings (SSSR count). The second kappa shape index (κ2) is 4.55. The van der Waals surface area contributed by atoms with E-state index in [0.29, 0.717) is 18.1 Å². The van der Waals surface area contributed by atoms with Gasteiger partial charge in [-0.3, -0.25) is 0 Å². The molecular weight excluding hydrogens is 182 g/mol. The van der Waals surface area contributed by atoms with Crippen LogP contribution >= 0.6 is 0 Å². The van der Waals surface area contributed by atoms with Gasteiger partial charge in [-0.1, -0.05) is 6.92 Å². The Kier molecular flexibility index (Phi) is 3.39. The summed E-state index contributed by atoms with van der Waals surface area (Å²) in [6.45, 7) is 2.00. The molecule has 0 amide bonds. The standard InChI is InChI=1S/C9H13N3O2/c1-3-4-7-11-6(9(13)14)5-8(10-2)12-7/h5H,3-4H2,1-2H3,(H,13,14)(H,10,11,12). The van der Waals surface area contributed by atoms with Crippen molar-refractivity contribution in [1.82, 2.24) is 9.97 Å². The number of carboxylic acid groups (broad SMARTS) is 1. The molecule has 14 heavy (non-hydrogen) atoms. The Morgan fingerprint density at radius 3 is 2.79 bits per heavy atom. The van der Waals surface area contributed by atoms with E-state index < -0.39 is 5.97 Å². The second-order valence-electron chi connectivity index (χ2n) is 2.86. The lowest BCUT2D eigenvalue weighted by Crippen LogP contribution is -2.07. The minimum absolute atomic E-state index is 0.0350. The number of nitrogens with zero attached hydrogens (tertiary/aromatic N) is 2. The highest BCUT2D eigenvalue weighted by atomic mass is 16.4. The number of hydrogen-bond acceptors (Lipinski definition) is 4. The van der Waals surface area contributed by atoms with E-state index in [1.54, 1.807) is 7.05 Å². The molecule has 0 bridgehead atoms. The van der Waals surface area contributed by atoms with Gasteiger partial charge in [-0.2, -0.15) is 0 Å². The number of rotatable bonds is 4. The van der Waals surface area contributed by atoms with Gasteiger partial charge in [0, 0.05) is 19.5 Å². The van der Waals surface area contributed by atoms with Crippen molar-refractivity contribution >= 4 is 11.8 Å². The number of nitrogens with one attached hydrogen (secondary N) is 1. The molecule has 0 aliphatic carbocycles. The Morgan fingerprint density at radius 1 is 1.57 bits per heavy atom. The predicted octanol–water partition coefficient (Wildman–Crippen LogP) is 1.17. The number of aromatic nitrogens is 2. The first-order valence-corrected chi connectivity index (χ1v) is 4.46. The molecule has 0 unspecified atom stereocenters. The van der Waals surface area contributed by atoms with Crippen molar-refractivity contribution in [2.24, 2.45) is 0 Å². The first-order valence-electron chi connectivity index (χ1n) is 4.46. The molecule has 0 radical (unpaired) electrons. The molecule has 1 aromatic heterocycles. The lowest BCUT2D eigenvalue weighted by atomic mass is 10.3. The molecule has 5 nitrogen and oxygen atoms in total. The summed E-state index contributed by atoms with van der Waals surface area (Å²) in [5, 5.41) is 11.6. The van der Waals surface area contributed by atoms with E-state index in [0.717, 1.165) is 6.42 Å². The summed E-state index contributed by atoms with van der Waals surface area (Å²) in [5.41, 5.74) is 0.0350. The monoisotopic (exact) mass is 195 g/mol. The van der Waals surface area contributed by atoms with E-state index in [2.05, 4.69) is 15.3 Å². The van der Waals surface area contributed by atoms with Crippen molar-refractivity contribution in [2.75, 3.05) is 12.4 Å². The van der Waals surface area contributed by atoms with Gasteiger partial charge in [-0.25, -0.2) is 14.8 Å². The van der Waals surface area contributed by atoms with E-state index in [9.17, 15) is 4.79 Å². The molecule has 2 N–H and O–H groups in total. The fourth-order valence-corrected chi connectivity index (χ4v) is 1.07. The summed E-state index contributed by atoms with van der Waals surface area (Å²) in [4.78, 5) is 18.8. The van der Waals surface area contributed by atoms with Gasteiger partial charge >= 0.3 is 5.97 Å². The molecule has 76 valence electrons. The highest BCUT2D eigenvalue weighted by Crippen LogP contribution is 2.07. The van der Waals surface area contributed by atoms with Crippen LogP contribution in [0.1, 0.15) is 29.7 Å². The topological polar surface area (TPSA) is 75.1 Å². The third kappa shape index (κ3) is 2.42. The van der Waals surface area contributed by atoms with Crippen LogP contribution in [0.3, 0.4) is 0 Å². The van der Waals surface area contributed by atoms with Gasteiger partial charge in [-0.05, 0) is 6.42 Å². The zero-order valence-electron chi connectivity index (χ0n) is 8.24. The zero-order chi connectivity index (χ0) is 10.6. The Bertz CT molecular complexity index is 339. The van der Waals surface area contributed by atoms with Crippen LogP contribution < -0.4 is 5.32 Å². The predicted molar refractivity (Wildman–Crippen MR) is 52.5 cm³/mol. The van der Waals surface area contributed by atoms with Gasteiger partial charge in [0.1, 0.15) is 11.6 Å². The Balaban J connectivity index is 3.06. The van der Waals surface area contributed by atoms with Crippen molar-refractivity contribution in [1.29, 1.82) is 0 Å². The molecular formula is C9H13N3O2. The van der Waals surface area contributed by atoms with E-state index in [-0.39, 0.29) is 5.69 Å². The number of carbonyl (C=O) groups is 1. The second-order valence-corrected chi connectivity index (χ2v) is 2.86. The molecule has 1 heterocycles. The van der Waals surface area contributed by atoms with Crippen molar-refractivity contribution in [2.45, 2.75) is 19.8 Å². The van der Waals surface area contributed by atoms with Gasteiger partial charge < -0.3 is 10.4 Å². The molecule has 1 aromatic rings. The fraction of sp³-hybridized carbons (Fsp3) is 0.444. The van der Waals surface area contributed by atoms with Crippen molar-refractivity contribution < 1.29 is 9.90 Å². The highest BCUT2D eigenvalue weighted by Gasteiger charge is 2.08. The fourth-order valence-electron chi connectivity index (χ4n) is 1.07. The molecule has 0 aliphatic heterocycles. The maximum absolute atomic E-state index is 10.7. The third-order valence-electron chi connectivity index (χ3n) is 1.72. The molecule has 0 fully saturated rings. The summed E-state index contributed by atoms with van der Waals surface area (Å²) in [7, 11) is 1.70. The first kappa shape index (κ1) is 10.4. The average molecular weight is 195 g/mol. The number of aryl methyl sites for hydroxylation is 1. The van der Waals surface area contributed by atoms with Gasteiger partial charge in [0.2, 0.25) is 0 Å². The van der Waals surface area contributed by atoms with Crippen LogP contribution in [0.15, 0.2) is 6.07 Å². The normalized spacial score (nSPS) is 9.86. The minimum Gasteiger partial charge on any atom is -0.477 e. The molecule has 0 aliphatic rings. The van der Waals surface area contributed by atoms with E-state index in [1.165, 1.54) is 6.07 Å². The van der Waals surface area contributed by atoms with Gasteiger partial charge in [0.05, 0.1) is 0 Å². The summed E-state index contributed by atoms with van der Waals surface area (Å²) in [6.07, 6.45) is 1.59. The molecule has 0 atom stereocenters. The lowest BCUT2D eigenvalue weighted by Gasteiger charge is -2.03. The van der Waals surface area contributed by atoms with Crippen LogP contribution in [0, 0.1) is 0 Å². The summed E-state index contributed by atoms with van der Waals surface area (Å²) < 4.78 is 0. The van der Waals surface area contributed by atoms with Gasteiger partial charge in [-0.15, -0.1) is 0 Å². The van der Waals surface area contributed by atoms with Gasteiger partial charge in [0.25, 0.3) is 0 Å². The van der Waals surface area contributed by atoms with Gasteiger partial charge in [0.15, 0.2) is 5.69 Å². The smallest absolute Gasteiger partial charge is 0.354 e. The molecule has 0 spiro atoms. The highest BCUT2D eigenvalue weighted by molar-refractivity contribution is 5.86. The average Bonchev–Trinajstić information content (AvgIpc) is 2.17. The van der Waals surface area contributed by atoms with E-state index >= 15 is 0 Å². The molecule has 5 heteroatoms. The molecule has 0 saturated carbocycles.